The lowest BCUT2D eigenvalue weighted by Crippen LogP contribution is -2.16. The second-order valence-corrected chi connectivity index (χ2v) is 4.51. The average Bonchev–Trinajstić information content (AvgIpc) is 2.55. The zero-order chi connectivity index (χ0) is 16.1. The molecule has 22 heavy (non-hydrogen) atoms. The van der Waals surface area contributed by atoms with Gasteiger partial charge >= 0.3 is 5.97 Å². The Morgan fingerprint density at radius 1 is 1.23 bits per heavy atom. The molecule has 0 unspecified atom stereocenters. The molecule has 6 heteroatoms. The standard InChI is InChI=1S/C16H12N2O4/c1-22-16(19)15(11-5-3-2-4-6-11)12-7-8-14(18(20)21)13(9-12)10-17/h2-9,15H,1H3/t15-/m0/s1. The normalized spacial score (nSPS) is 11.3. The van der Waals surface area contributed by atoms with Gasteiger partial charge in [0.2, 0.25) is 0 Å². The summed E-state index contributed by atoms with van der Waals surface area (Å²) in [5, 5.41) is 20.0. The van der Waals surface area contributed by atoms with Crippen molar-refractivity contribution in [2.24, 2.45) is 0 Å². The summed E-state index contributed by atoms with van der Waals surface area (Å²) in [5.41, 5.74) is 0.780. The molecule has 2 rings (SSSR count). The van der Waals surface area contributed by atoms with Crippen molar-refractivity contribution in [2.45, 2.75) is 5.92 Å². The van der Waals surface area contributed by atoms with Gasteiger partial charge in [-0.15, -0.1) is 0 Å². The van der Waals surface area contributed by atoms with Crippen molar-refractivity contribution in [3.8, 4) is 6.07 Å². The fraction of sp³-hybridized carbons (Fsp3) is 0.125. The molecule has 0 saturated heterocycles. The summed E-state index contributed by atoms with van der Waals surface area (Å²) in [5.74, 6) is -1.23. The molecule has 0 saturated carbocycles. The third-order valence-electron chi connectivity index (χ3n) is 3.24. The smallest absolute Gasteiger partial charge is 0.317 e. The van der Waals surface area contributed by atoms with E-state index in [2.05, 4.69) is 0 Å². The van der Waals surface area contributed by atoms with Gasteiger partial charge in [-0.25, -0.2) is 0 Å². The van der Waals surface area contributed by atoms with Crippen LogP contribution in [0.2, 0.25) is 0 Å². The Kier molecular flexibility index (Phi) is 4.49. The maximum absolute atomic E-state index is 12.1. The monoisotopic (exact) mass is 296 g/mol. The van der Waals surface area contributed by atoms with Crippen molar-refractivity contribution in [3.63, 3.8) is 0 Å². The quantitative estimate of drug-likeness (QED) is 0.491. The van der Waals surface area contributed by atoms with Gasteiger partial charge in [-0.1, -0.05) is 36.4 Å². The fourth-order valence-electron chi connectivity index (χ4n) is 2.21. The van der Waals surface area contributed by atoms with Gasteiger partial charge in [-0.05, 0) is 17.2 Å². The molecule has 0 aliphatic rings. The molecule has 0 bridgehead atoms. The third kappa shape index (κ3) is 2.94. The van der Waals surface area contributed by atoms with Gasteiger partial charge < -0.3 is 4.74 Å². The minimum Gasteiger partial charge on any atom is -0.468 e. The highest BCUT2D eigenvalue weighted by molar-refractivity contribution is 5.82. The van der Waals surface area contributed by atoms with Gasteiger partial charge in [0.15, 0.2) is 0 Å². The maximum atomic E-state index is 12.1. The molecule has 2 aromatic carbocycles. The number of hydrogen-bond donors (Lipinski definition) is 0. The molecule has 1 atom stereocenters. The molecule has 6 nitrogen and oxygen atoms in total. The molecule has 0 amide bonds. The number of nitrogens with zero attached hydrogens (tertiary/aromatic N) is 2. The maximum Gasteiger partial charge on any atom is 0.317 e. The van der Waals surface area contributed by atoms with Crippen LogP contribution >= 0.6 is 0 Å². The van der Waals surface area contributed by atoms with Crippen LogP contribution in [-0.4, -0.2) is 18.0 Å². The first-order valence-corrected chi connectivity index (χ1v) is 6.39. The van der Waals surface area contributed by atoms with Crippen LogP contribution in [-0.2, 0) is 9.53 Å². The number of nitriles is 1. The Morgan fingerprint density at radius 3 is 2.45 bits per heavy atom. The Balaban J connectivity index is 2.57. The molecule has 0 aliphatic heterocycles. The molecule has 0 heterocycles. The number of nitro benzene ring substituents is 1. The molecule has 0 aromatic heterocycles. The summed E-state index contributed by atoms with van der Waals surface area (Å²) in [4.78, 5) is 22.3. The van der Waals surface area contributed by atoms with E-state index in [0.717, 1.165) is 0 Å². The van der Waals surface area contributed by atoms with Crippen molar-refractivity contribution in [2.75, 3.05) is 7.11 Å². The van der Waals surface area contributed by atoms with E-state index < -0.39 is 16.8 Å². The number of hydrogen-bond acceptors (Lipinski definition) is 5. The summed E-state index contributed by atoms with van der Waals surface area (Å²) in [6.07, 6.45) is 0. The summed E-state index contributed by atoms with van der Waals surface area (Å²) in [6, 6.07) is 14.7. The lowest BCUT2D eigenvalue weighted by Gasteiger charge is -2.15. The molecule has 0 radical (unpaired) electrons. The molecular weight excluding hydrogens is 284 g/mol. The van der Waals surface area contributed by atoms with Crippen LogP contribution in [0, 0.1) is 21.4 Å². The van der Waals surface area contributed by atoms with Gasteiger partial charge in [0.05, 0.1) is 12.0 Å². The topological polar surface area (TPSA) is 93.2 Å². The van der Waals surface area contributed by atoms with Crippen LogP contribution in [0.4, 0.5) is 5.69 Å². The van der Waals surface area contributed by atoms with Crippen LogP contribution in [0.25, 0.3) is 0 Å². The van der Waals surface area contributed by atoms with Crippen LogP contribution in [0.5, 0.6) is 0 Å². The fourth-order valence-corrected chi connectivity index (χ4v) is 2.21. The molecule has 2 aromatic rings. The molecule has 0 spiro atoms. The van der Waals surface area contributed by atoms with Crippen LogP contribution in [0.3, 0.4) is 0 Å². The zero-order valence-electron chi connectivity index (χ0n) is 11.7. The number of esters is 1. The van der Waals surface area contributed by atoms with E-state index in [4.69, 9.17) is 10.00 Å². The Bertz CT molecular complexity index is 750. The number of ether oxygens (including phenoxy) is 1. The summed E-state index contributed by atoms with van der Waals surface area (Å²) >= 11 is 0. The van der Waals surface area contributed by atoms with Gasteiger partial charge in [0.1, 0.15) is 17.6 Å². The van der Waals surface area contributed by atoms with E-state index in [9.17, 15) is 14.9 Å². The minimum absolute atomic E-state index is 0.0904. The van der Waals surface area contributed by atoms with E-state index in [1.165, 1.54) is 25.3 Å². The molecule has 0 fully saturated rings. The Labute approximate surface area is 126 Å². The third-order valence-corrected chi connectivity index (χ3v) is 3.24. The first kappa shape index (κ1) is 15.2. The minimum atomic E-state index is -0.737. The molecule has 0 N–H and O–H groups in total. The lowest BCUT2D eigenvalue weighted by atomic mass is 9.90. The van der Waals surface area contributed by atoms with E-state index in [1.807, 2.05) is 6.07 Å². The largest absolute Gasteiger partial charge is 0.468 e. The lowest BCUT2D eigenvalue weighted by molar-refractivity contribution is -0.385. The van der Waals surface area contributed by atoms with Crippen LogP contribution in [0.1, 0.15) is 22.6 Å². The highest BCUT2D eigenvalue weighted by Crippen LogP contribution is 2.29. The predicted octanol–water partition coefficient (Wildman–Crippen LogP) is 2.77. The van der Waals surface area contributed by atoms with Crippen molar-refractivity contribution in [1.29, 1.82) is 5.26 Å². The molecule has 110 valence electrons. The van der Waals surface area contributed by atoms with Gasteiger partial charge in [0, 0.05) is 6.07 Å². The van der Waals surface area contributed by atoms with Crippen molar-refractivity contribution < 1.29 is 14.5 Å². The van der Waals surface area contributed by atoms with Gasteiger partial charge in [-0.3, -0.25) is 14.9 Å². The van der Waals surface area contributed by atoms with Gasteiger partial charge in [-0.2, -0.15) is 5.26 Å². The number of carbonyl (C=O) groups excluding carboxylic acids is 1. The predicted molar refractivity (Wildman–Crippen MR) is 78.1 cm³/mol. The first-order chi connectivity index (χ1) is 10.6. The highest BCUT2D eigenvalue weighted by atomic mass is 16.6. The second kappa shape index (κ2) is 6.50. The first-order valence-electron chi connectivity index (χ1n) is 6.39. The molecule has 0 aliphatic carbocycles. The molecular formula is C16H12N2O4. The summed E-state index contributed by atoms with van der Waals surface area (Å²) in [7, 11) is 1.27. The van der Waals surface area contributed by atoms with Crippen LogP contribution in [0.15, 0.2) is 48.5 Å². The average molecular weight is 296 g/mol. The number of rotatable bonds is 4. The Morgan fingerprint density at radius 2 is 1.91 bits per heavy atom. The van der Waals surface area contributed by atoms with Crippen molar-refractivity contribution >= 4 is 11.7 Å². The number of methoxy groups -OCH3 is 1. The van der Waals surface area contributed by atoms with E-state index >= 15 is 0 Å². The SMILES string of the molecule is COC(=O)[C@@H](c1ccccc1)c1ccc([N+](=O)[O-])c(C#N)c1. The van der Waals surface area contributed by atoms with E-state index in [-0.39, 0.29) is 11.3 Å². The van der Waals surface area contributed by atoms with Gasteiger partial charge in [0.25, 0.3) is 5.69 Å². The highest BCUT2D eigenvalue weighted by Gasteiger charge is 2.25. The summed E-state index contributed by atoms with van der Waals surface area (Å²) in [6.45, 7) is 0. The number of benzene rings is 2. The van der Waals surface area contributed by atoms with Crippen molar-refractivity contribution in [1.82, 2.24) is 0 Å². The van der Waals surface area contributed by atoms with Crippen LogP contribution < -0.4 is 0 Å². The van der Waals surface area contributed by atoms with Crippen molar-refractivity contribution in [3.05, 3.63) is 75.3 Å². The number of nitro groups is 1. The Hall–Kier alpha value is -3.20. The van der Waals surface area contributed by atoms with E-state index in [1.54, 1.807) is 30.3 Å². The van der Waals surface area contributed by atoms with E-state index in [0.29, 0.717) is 11.1 Å². The zero-order valence-corrected chi connectivity index (χ0v) is 11.7. The number of carbonyl (C=O) groups is 1. The summed E-state index contributed by atoms with van der Waals surface area (Å²) < 4.78 is 4.82. The second-order valence-electron chi connectivity index (χ2n) is 4.51.